The SMILES string of the molecule is Cn1c(=O)cc(Sc2ccc(NC(=O)[C@H](Cc3ccc(F)cc3)NC(=O)OC(C)(C)C)cc2)c2ccccc21. The number of nitrogens with one attached hydrogen (secondary N) is 2. The third-order valence-electron chi connectivity index (χ3n) is 5.83. The number of pyridine rings is 1. The molecule has 1 aromatic heterocycles. The van der Waals surface area contributed by atoms with Crippen LogP contribution in [0.1, 0.15) is 26.3 Å². The molecule has 0 unspecified atom stereocenters. The number of aromatic nitrogens is 1. The van der Waals surface area contributed by atoms with Crippen molar-refractivity contribution in [3.05, 3.63) is 101 Å². The van der Waals surface area contributed by atoms with E-state index in [-0.39, 0.29) is 17.8 Å². The van der Waals surface area contributed by atoms with Crippen LogP contribution in [0.25, 0.3) is 10.9 Å². The summed E-state index contributed by atoms with van der Waals surface area (Å²) in [5.41, 5.74) is 1.24. The summed E-state index contributed by atoms with van der Waals surface area (Å²) in [4.78, 5) is 39.8. The summed E-state index contributed by atoms with van der Waals surface area (Å²) in [5, 5.41) is 6.43. The van der Waals surface area contributed by atoms with Crippen LogP contribution in [-0.4, -0.2) is 28.2 Å². The number of rotatable bonds is 7. The first-order chi connectivity index (χ1) is 18.5. The van der Waals surface area contributed by atoms with Crippen molar-refractivity contribution in [3.8, 4) is 0 Å². The molecule has 2 amide bonds. The highest BCUT2D eigenvalue weighted by Gasteiger charge is 2.25. The van der Waals surface area contributed by atoms with E-state index in [9.17, 15) is 18.8 Å². The molecule has 3 aromatic carbocycles. The van der Waals surface area contributed by atoms with E-state index >= 15 is 0 Å². The van der Waals surface area contributed by atoms with E-state index in [1.54, 1.807) is 62.7 Å². The third-order valence-corrected chi connectivity index (χ3v) is 6.89. The van der Waals surface area contributed by atoms with Gasteiger partial charge in [0, 0.05) is 40.4 Å². The standard InChI is InChI=1S/C30H30FN3O4S/c1-30(2,3)38-29(37)33-24(17-19-9-11-20(31)12-10-19)28(36)32-21-13-15-22(16-14-21)39-26-18-27(35)34(4)25-8-6-5-7-23(25)26/h5-16,18,24H,17H2,1-4H3,(H,32,36)(H,33,37)/t24-/m0/s1. The quantitative estimate of drug-likeness (QED) is 0.301. The number of benzene rings is 3. The summed E-state index contributed by atoms with van der Waals surface area (Å²) in [6, 6.07) is 21.3. The zero-order valence-corrected chi connectivity index (χ0v) is 23.0. The molecule has 7 nitrogen and oxygen atoms in total. The third kappa shape index (κ3) is 7.48. The largest absolute Gasteiger partial charge is 0.444 e. The number of anilines is 1. The summed E-state index contributed by atoms with van der Waals surface area (Å²) in [6.07, 6.45) is -0.576. The average Bonchev–Trinajstić information content (AvgIpc) is 2.88. The van der Waals surface area contributed by atoms with Gasteiger partial charge in [-0.3, -0.25) is 9.59 Å². The molecule has 0 saturated carbocycles. The van der Waals surface area contributed by atoms with Gasteiger partial charge in [0.15, 0.2) is 0 Å². The summed E-state index contributed by atoms with van der Waals surface area (Å²) in [7, 11) is 1.75. The smallest absolute Gasteiger partial charge is 0.408 e. The highest BCUT2D eigenvalue weighted by atomic mass is 32.2. The predicted octanol–water partition coefficient (Wildman–Crippen LogP) is 5.90. The monoisotopic (exact) mass is 547 g/mol. The number of fused-ring (bicyclic) bond motifs is 1. The minimum atomic E-state index is -0.953. The number of para-hydroxylation sites is 1. The maximum Gasteiger partial charge on any atom is 0.408 e. The van der Waals surface area contributed by atoms with Gasteiger partial charge in [-0.05, 0) is 68.8 Å². The molecular formula is C30H30FN3O4S. The van der Waals surface area contributed by atoms with Crippen LogP contribution in [-0.2, 0) is 23.0 Å². The number of carbonyl (C=O) groups excluding carboxylic acids is 2. The molecule has 1 atom stereocenters. The van der Waals surface area contributed by atoms with E-state index < -0.39 is 23.6 Å². The number of nitrogens with zero attached hydrogens (tertiary/aromatic N) is 1. The van der Waals surface area contributed by atoms with Gasteiger partial charge in [0.05, 0.1) is 5.52 Å². The summed E-state index contributed by atoms with van der Waals surface area (Å²) in [5.74, 6) is -0.829. The van der Waals surface area contributed by atoms with Gasteiger partial charge in [-0.2, -0.15) is 0 Å². The lowest BCUT2D eigenvalue weighted by molar-refractivity contribution is -0.118. The van der Waals surface area contributed by atoms with Gasteiger partial charge in [-0.15, -0.1) is 0 Å². The second-order valence-corrected chi connectivity index (χ2v) is 11.2. The Hall–Kier alpha value is -4.11. The van der Waals surface area contributed by atoms with E-state index in [0.717, 1.165) is 20.7 Å². The second-order valence-electron chi connectivity index (χ2n) is 10.1. The fourth-order valence-electron chi connectivity index (χ4n) is 3.94. The maximum absolute atomic E-state index is 13.4. The molecule has 0 aliphatic rings. The first kappa shape index (κ1) is 27.9. The Balaban J connectivity index is 1.49. The molecule has 0 aliphatic heterocycles. The molecule has 9 heteroatoms. The van der Waals surface area contributed by atoms with Crippen molar-refractivity contribution in [1.82, 2.24) is 9.88 Å². The van der Waals surface area contributed by atoms with Crippen molar-refractivity contribution >= 4 is 40.4 Å². The molecule has 202 valence electrons. The summed E-state index contributed by atoms with van der Waals surface area (Å²) >= 11 is 1.46. The lowest BCUT2D eigenvalue weighted by atomic mass is 10.1. The van der Waals surface area contributed by atoms with Crippen LogP contribution in [0.4, 0.5) is 14.9 Å². The van der Waals surface area contributed by atoms with Crippen molar-refractivity contribution in [1.29, 1.82) is 0 Å². The summed E-state index contributed by atoms with van der Waals surface area (Å²) in [6.45, 7) is 5.20. The molecule has 4 rings (SSSR count). The second kappa shape index (κ2) is 11.7. The van der Waals surface area contributed by atoms with Crippen LogP contribution >= 0.6 is 11.8 Å². The Labute approximate surface area is 230 Å². The summed E-state index contributed by atoms with van der Waals surface area (Å²) < 4.78 is 20.3. The van der Waals surface area contributed by atoms with E-state index in [2.05, 4.69) is 10.6 Å². The van der Waals surface area contributed by atoms with E-state index in [1.165, 1.54) is 23.9 Å². The lowest BCUT2D eigenvalue weighted by Gasteiger charge is -2.23. The molecule has 39 heavy (non-hydrogen) atoms. The van der Waals surface area contributed by atoms with Crippen LogP contribution in [0.2, 0.25) is 0 Å². The predicted molar refractivity (Wildman–Crippen MR) is 152 cm³/mol. The minimum absolute atomic E-state index is 0.0928. The van der Waals surface area contributed by atoms with Gasteiger partial charge in [0.2, 0.25) is 5.91 Å². The zero-order valence-electron chi connectivity index (χ0n) is 22.2. The number of alkyl carbamates (subject to hydrolysis) is 1. The first-order valence-corrected chi connectivity index (χ1v) is 13.2. The average molecular weight is 548 g/mol. The van der Waals surface area contributed by atoms with Gasteiger partial charge >= 0.3 is 6.09 Å². The molecule has 0 radical (unpaired) electrons. The van der Waals surface area contributed by atoms with Crippen molar-refractivity contribution < 1.29 is 18.7 Å². The highest BCUT2D eigenvalue weighted by Crippen LogP contribution is 2.33. The topological polar surface area (TPSA) is 89.4 Å². The molecule has 2 N–H and O–H groups in total. The molecule has 0 saturated heterocycles. The van der Waals surface area contributed by atoms with E-state index in [0.29, 0.717) is 11.3 Å². The van der Waals surface area contributed by atoms with Gasteiger partial charge in [-0.25, -0.2) is 9.18 Å². The highest BCUT2D eigenvalue weighted by molar-refractivity contribution is 7.99. The van der Waals surface area contributed by atoms with E-state index in [1.807, 2.05) is 36.4 Å². The van der Waals surface area contributed by atoms with Gasteiger partial charge < -0.3 is 19.9 Å². The Kier molecular flexibility index (Phi) is 8.40. The fourth-order valence-corrected chi connectivity index (χ4v) is 4.91. The molecule has 1 heterocycles. The van der Waals surface area contributed by atoms with Gasteiger partial charge in [-0.1, -0.05) is 42.1 Å². The fraction of sp³-hybridized carbons (Fsp3) is 0.233. The van der Waals surface area contributed by atoms with Crippen LogP contribution in [0, 0.1) is 5.82 Å². The number of halogens is 1. The maximum atomic E-state index is 13.4. The molecule has 0 bridgehead atoms. The first-order valence-electron chi connectivity index (χ1n) is 12.4. The number of ether oxygens (including phenoxy) is 1. The minimum Gasteiger partial charge on any atom is -0.444 e. The Morgan fingerprint density at radius 3 is 2.33 bits per heavy atom. The van der Waals surface area contributed by atoms with Crippen LogP contribution in [0.3, 0.4) is 0 Å². The lowest BCUT2D eigenvalue weighted by Crippen LogP contribution is -2.47. The Morgan fingerprint density at radius 2 is 1.67 bits per heavy atom. The van der Waals surface area contributed by atoms with Crippen LogP contribution in [0.5, 0.6) is 0 Å². The number of carbonyl (C=O) groups is 2. The van der Waals surface area contributed by atoms with E-state index in [4.69, 9.17) is 4.74 Å². The van der Waals surface area contributed by atoms with Gasteiger partial charge in [0.25, 0.3) is 5.56 Å². The van der Waals surface area contributed by atoms with Crippen LogP contribution in [0.15, 0.2) is 93.4 Å². The van der Waals surface area contributed by atoms with Crippen molar-refractivity contribution in [2.75, 3.05) is 5.32 Å². The number of hydrogen-bond acceptors (Lipinski definition) is 5. The van der Waals surface area contributed by atoms with Crippen molar-refractivity contribution in [2.45, 2.75) is 48.6 Å². The number of amides is 2. The van der Waals surface area contributed by atoms with Gasteiger partial charge in [0.1, 0.15) is 17.5 Å². The zero-order chi connectivity index (χ0) is 28.2. The molecule has 0 fully saturated rings. The molecule has 0 spiro atoms. The van der Waals surface area contributed by atoms with Crippen LogP contribution < -0.4 is 16.2 Å². The van der Waals surface area contributed by atoms with Crippen molar-refractivity contribution in [2.24, 2.45) is 7.05 Å². The number of aryl methyl sites for hydroxylation is 1. The molecule has 0 aliphatic carbocycles. The van der Waals surface area contributed by atoms with Crippen molar-refractivity contribution in [3.63, 3.8) is 0 Å². The number of hydrogen-bond donors (Lipinski definition) is 2. The molecular weight excluding hydrogens is 517 g/mol. The normalized spacial score (nSPS) is 12.1. The Morgan fingerprint density at radius 1 is 1.00 bits per heavy atom. The molecule has 4 aromatic rings. The Bertz CT molecular complexity index is 1540.